The van der Waals surface area contributed by atoms with E-state index in [1.165, 1.54) is 0 Å². The van der Waals surface area contributed by atoms with Crippen molar-refractivity contribution in [2.45, 2.75) is 39.7 Å². The number of carbonyl (C=O) groups is 2. The Morgan fingerprint density at radius 2 is 1.64 bits per heavy atom. The topological polar surface area (TPSA) is 55.8 Å². The van der Waals surface area contributed by atoms with Gasteiger partial charge in [0.25, 0.3) is 5.91 Å². The van der Waals surface area contributed by atoms with Gasteiger partial charge in [-0.15, -0.1) is 0 Å². The van der Waals surface area contributed by atoms with E-state index >= 15 is 0 Å². The number of amides is 1. The molecule has 1 amide bonds. The number of rotatable bonds is 8. The predicted octanol–water partition coefficient (Wildman–Crippen LogP) is 3.55. The highest BCUT2D eigenvalue weighted by atomic mass is 16.7. The highest BCUT2D eigenvalue weighted by molar-refractivity contribution is 5.84. The molecule has 0 saturated carbocycles. The van der Waals surface area contributed by atoms with Crippen molar-refractivity contribution in [2.75, 3.05) is 19.7 Å². The van der Waals surface area contributed by atoms with Crippen LogP contribution in [0.4, 0.5) is 4.79 Å². The zero-order valence-corrected chi connectivity index (χ0v) is 13.6. The molecule has 1 atom stereocenters. The van der Waals surface area contributed by atoms with Crippen LogP contribution in [0.25, 0.3) is 0 Å². The van der Waals surface area contributed by atoms with Crippen LogP contribution in [0, 0.1) is 0 Å². The average Bonchev–Trinajstić information content (AvgIpc) is 2.53. The van der Waals surface area contributed by atoms with Gasteiger partial charge in [-0.1, -0.05) is 44.2 Å². The first-order valence-corrected chi connectivity index (χ1v) is 7.81. The second kappa shape index (κ2) is 9.82. The third kappa shape index (κ3) is 5.39. The van der Waals surface area contributed by atoms with Crippen molar-refractivity contribution < 1.29 is 19.1 Å². The Hall–Kier alpha value is -2.04. The second-order valence-corrected chi connectivity index (χ2v) is 4.92. The maximum Gasteiger partial charge on any atom is 0.509 e. The maximum absolute atomic E-state index is 12.8. The molecule has 1 rings (SSSR count). The first-order chi connectivity index (χ1) is 10.6. The van der Waals surface area contributed by atoms with Crippen LogP contribution < -0.4 is 0 Å². The summed E-state index contributed by atoms with van der Waals surface area (Å²) in [7, 11) is 0. The summed E-state index contributed by atoms with van der Waals surface area (Å²) < 4.78 is 10.1. The minimum atomic E-state index is -0.960. The molecule has 5 heteroatoms. The summed E-state index contributed by atoms with van der Waals surface area (Å²) in [5.74, 6) is -0.206. The van der Waals surface area contributed by atoms with Crippen molar-refractivity contribution in [1.82, 2.24) is 4.90 Å². The Morgan fingerprint density at radius 3 is 2.14 bits per heavy atom. The van der Waals surface area contributed by atoms with Gasteiger partial charge in [-0.3, -0.25) is 4.79 Å². The lowest BCUT2D eigenvalue weighted by atomic mass is 10.1. The van der Waals surface area contributed by atoms with E-state index in [0.717, 1.165) is 12.8 Å². The Morgan fingerprint density at radius 1 is 1.05 bits per heavy atom. The predicted molar refractivity (Wildman–Crippen MR) is 84.5 cm³/mol. The summed E-state index contributed by atoms with van der Waals surface area (Å²) in [4.78, 5) is 26.1. The Kier molecular flexibility index (Phi) is 8.04. The number of benzene rings is 1. The van der Waals surface area contributed by atoms with Gasteiger partial charge in [0.1, 0.15) is 0 Å². The first-order valence-electron chi connectivity index (χ1n) is 7.81. The summed E-state index contributed by atoms with van der Waals surface area (Å²) in [6.45, 7) is 7.22. The van der Waals surface area contributed by atoms with Crippen molar-refractivity contribution in [2.24, 2.45) is 0 Å². The van der Waals surface area contributed by atoms with Crippen LogP contribution in [-0.2, 0) is 14.3 Å². The van der Waals surface area contributed by atoms with Gasteiger partial charge < -0.3 is 14.4 Å². The van der Waals surface area contributed by atoms with Crippen LogP contribution in [0.5, 0.6) is 0 Å². The minimum Gasteiger partial charge on any atom is -0.435 e. The number of nitrogens with zero attached hydrogens (tertiary/aromatic N) is 1. The lowest BCUT2D eigenvalue weighted by Gasteiger charge is -2.26. The summed E-state index contributed by atoms with van der Waals surface area (Å²) >= 11 is 0. The largest absolute Gasteiger partial charge is 0.509 e. The molecule has 1 aromatic rings. The fourth-order valence-corrected chi connectivity index (χ4v) is 2.17. The Bertz CT molecular complexity index is 455. The number of carbonyl (C=O) groups excluding carboxylic acids is 2. The van der Waals surface area contributed by atoms with Gasteiger partial charge in [0, 0.05) is 18.7 Å². The van der Waals surface area contributed by atoms with Gasteiger partial charge in [0.15, 0.2) is 0 Å². The molecule has 0 aliphatic heterocycles. The lowest BCUT2D eigenvalue weighted by Crippen LogP contribution is -2.38. The average molecular weight is 307 g/mol. The molecule has 0 aliphatic carbocycles. The molecular formula is C17H25NO4. The zero-order valence-electron chi connectivity index (χ0n) is 13.6. The van der Waals surface area contributed by atoms with Crippen molar-refractivity contribution in [3.8, 4) is 0 Å². The molecule has 1 unspecified atom stereocenters. The van der Waals surface area contributed by atoms with Crippen LogP contribution in [0.2, 0.25) is 0 Å². The molecule has 0 heterocycles. The van der Waals surface area contributed by atoms with E-state index < -0.39 is 12.3 Å². The fraction of sp³-hybridized carbons (Fsp3) is 0.529. The van der Waals surface area contributed by atoms with Gasteiger partial charge >= 0.3 is 6.16 Å². The molecule has 1 aromatic carbocycles. The second-order valence-electron chi connectivity index (χ2n) is 4.92. The van der Waals surface area contributed by atoms with E-state index in [1.807, 2.05) is 32.0 Å². The van der Waals surface area contributed by atoms with Gasteiger partial charge in [-0.05, 0) is 19.8 Å². The van der Waals surface area contributed by atoms with E-state index in [2.05, 4.69) is 0 Å². The molecular weight excluding hydrogens is 282 g/mol. The highest BCUT2D eigenvalue weighted by Crippen LogP contribution is 2.21. The molecule has 0 saturated heterocycles. The minimum absolute atomic E-state index is 0.206. The molecule has 0 fully saturated rings. The van der Waals surface area contributed by atoms with Crippen molar-refractivity contribution in [1.29, 1.82) is 0 Å². The van der Waals surface area contributed by atoms with Crippen LogP contribution in [-0.4, -0.2) is 36.7 Å². The first kappa shape index (κ1) is 18.0. The van der Waals surface area contributed by atoms with E-state index in [4.69, 9.17) is 9.47 Å². The Labute approximate surface area is 132 Å². The molecule has 122 valence electrons. The molecule has 22 heavy (non-hydrogen) atoms. The van der Waals surface area contributed by atoms with Crippen LogP contribution >= 0.6 is 0 Å². The molecule has 0 aromatic heterocycles. The van der Waals surface area contributed by atoms with Crippen LogP contribution in [0.3, 0.4) is 0 Å². The fourth-order valence-electron chi connectivity index (χ4n) is 2.17. The quantitative estimate of drug-likeness (QED) is 0.689. The molecule has 0 radical (unpaired) electrons. The Balaban J connectivity index is 2.97. The van der Waals surface area contributed by atoms with Crippen LogP contribution in [0.1, 0.15) is 45.3 Å². The van der Waals surface area contributed by atoms with Crippen molar-refractivity contribution >= 4 is 12.1 Å². The number of hydrogen-bond donors (Lipinski definition) is 0. The normalized spacial score (nSPS) is 11.6. The van der Waals surface area contributed by atoms with Crippen molar-refractivity contribution in [3.63, 3.8) is 0 Å². The van der Waals surface area contributed by atoms with Gasteiger partial charge in [-0.25, -0.2) is 4.79 Å². The van der Waals surface area contributed by atoms with E-state index in [9.17, 15) is 9.59 Å². The third-order valence-corrected chi connectivity index (χ3v) is 3.10. The lowest BCUT2D eigenvalue weighted by molar-refractivity contribution is -0.142. The summed E-state index contributed by atoms with van der Waals surface area (Å²) in [5.41, 5.74) is 0.651. The third-order valence-electron chi connectivity index (χ3n) is 3.10. The molecule has 0 bridgehead atoms. The maximum atomic E-state index is 12.8. The van der Waals surface area contributed by atoms with Crippen molar-refractivity contribution in [3.05, 3.63) is 35.9 Å². The summed E-state index contributed by atoms with van der Waals surface area (Å²) in [6, 6.07) is 9.03. The van der Waals surface area contributed by atoms with Crippen LogP contribution in [0.15, 0.2) is 30.3 Å². The van der Waals surface area contributed by atoms with Gasteiger partial charge in [0.2, 0.25) is 6.10 Å². The monoisotopic (exact) mass is 307 g/mol. The number of ether oxygens (including phenoxy) is 2. The number of hydrogen-bond acceptors (Lipinski definition) is 4. The molecule has 0 spiro atoms. The van der Waals surface area contributed by atoms with Gasteiger partial charge in [0.05, 0.1) is 6.61 Å². The van der Waals surface area contributed by atoms with E-state index in [1.54, 1.807) is 24.0 Å². The molecule has 0 N–H and O–H groups in total. The molecule has 0 aliphatic rings. The summed E-state index contributed by atoms with van der Waals surface area (Å²) in [6.07, 6.45) is -0.0738. The van der Waals surface area contributed by atoms with Gasteiger partial charge in [-0.2, -0.15) is 0 Å². The smallest absolute Gasteiger partial charge is 0.435 e. The van der Waals surface area contributed by atoms with E-state index in [-0.39, 0.29) is 12.5 Å². The van der Waals surface area contributed by atoms with E-state index in [0.29, 0.717) is 18.7 Å². The molecule has 5 nitrogen and oxygen atoms in total. The highest BCUT2D eigenvalue weighted by Gasteiger charge is 2.29. The standard InChI is InChI=1S/C17H25NO4/c1-4-12-18(13-5-2)16(19)15(22-17(20)21-6-3)14-10-8-7-9-11-14/h7-11,15H,4-6,12-13H2,1-3H3. The SMILES string of the molecule is CCCN(CCC)C(=O)C(OC(=O)OCC)c1ccccc1. The zero-order chi connectivity index (χ0) is 16.4. The summed E-state index contributed by atoms with van der Waals surface area (Å²) in [5, 5.41) is 0.